The van der Waals surface area contributed by atoms with Gasteiger partial charge in [0.05, 0.1) is 25.9 Å². The van der Waals surface area contributed by atoms with Gasteiger partial charge in [-0.15, -0.1) is 0 Å². The zero-order valence-corrected chi connectivity index (χ0v) is 39.7. The average Bonchev–Trinajstić information content (AvgIpc) is 3.25. The van der Waals surface area contributed by atoms with E-state index >= 15 is 0 Å². The summed E-state index contributed by atoms with van der Waals surface area (Å²) in [7, 11) is -9.78. The van der Waals surface area contributed by atoms with Gasteiger partial charge in [-0.05, 0) is 83.5 Å². The minimum Gasteiger partial charge on any atom is -0.462 e. The van der Waals surface area contributed by atoms with Gasteiger partial charge >= 0.3 is 27.6 Å². The third kappa shape index (κ3) is 45.1. The molecule has 16 heteroatoms. The summed E-state index contributed by atoms with van der Waals surface area (Å²) >= 11 is 0. The van der Waals surface area contributed by atoms with Crippen molar-refractivity contribution < 1.29 is 66.7 Å². The van der Waals surface area contributed by atoms with Crippen molar-refractivity contribution in [2.24, 2.45) is 0 Å². The fourth-order valence-electron chi connectivity index (χ4n) is 5.06. The second kappa shape index (κ2) is 42.1. The molecule has 0 fully saturated rings. The lowest BCUT2D eigenvalue weighted by molar-refractivity contribution is -0.161. The standard InChI is InChI=1S/C48H76O14P2/c1-3-5-7-9-11-13-15-17-18-19-20-21-22-24-26-28-30-32-34-38-48(52)62-46(43-61-64(56,57)60-41-45(50)40-59-63(53,54)55)42-58-47(51)39-35-37-44(49)36-33-31-29-27-25-23-16-14-12-10-8-6-4-2/h6,8,11-14,17-18,20-21,23-26,29-33,36,44-46,49-50H,3-5,7,9-10,15-16,19,22,27-28,34-35,37-43H2,1-2H3,(H,56,57)(H2,53,54,55)/b8-6-,13-11-,14-12-,18-17-,21-20-,25-23-,26-24-,31-29-,32-30-,36-33+/t44?,45-,46+/m0/s1. The van der Waals surface area contributed by atoms with E-state index in [9.17, 15) is 33.8 Å². The number of allylic oxidation sites excluding steroid dienone is 19. The molecular weight excluding hydrogens is 862 g/mol. The lowest BCUT2D eigenvalue weighted by Gasteiger charge is -2.20. The Bertz CT molecular complexity index is 1600. The molecule has 5 N–H and O–H groups in total. The van der Waals surface area contributed by atoms with Gasteiger partial charge in [-0.25, -0.2) is 9.13 Å². The molecule has 0 aliphatic rings. The molecule has 0 aliphatic heterocycles. The molecule has 362 valence electrons. The van der Waals surface area contributed by atoms with Crippen molar-refractivity contribution in [3.63, 3.8) is 0 Å². The monoisotopic (exact) mass is 938 g/mol. The van der Waals surface area contributed by atoms with Crippen molar-refractivity contribution in [1.82, 2.24) is 0 Å². The fraction of sp³-hybridized carbons (Fsp3) is 0.542. The number of carbonyl (C=O) groups is 2. The number of hydrogen-bond acceptors (Lipinski definition) is 11. The van der Waals surface area contributed by atoms with Crippen LogP contribution in [-0.2, 0) is 41.8 Å². The number of aliphatic hydroxyl groups excluding tert-OH is 2. The molecular formula is C48H76O14P2. The van der Waals surface area contributed by atoms with Crippen molar-refractivity contribution in [2.45, 2.75) is 141 Å². The molecule has 0 saturated heterocycles. The Morgan fingerprint density at radius 2 is 1.03 bits per heavy atom. The second-order valence-corrected chi connectivity index (χ2v) is 17.1. The van der Waals surface area contributed by atoms with E-state index in [4.69, 9.17) is 23.8 Å². The third-order valence-electron chi connectivity index (χ3n) is 8.44. The summed E-state index contributed by atoms with van der Waals surface area (Å²) in [5.74, 6) is -1.35. The van der Waals surface area contributed by atoms with Crippen molar-refractivity contribution in [1.29, 1.82) is 0 Å². The van der Waals surface area contributed by atoms with Crippen LogP contribution in [0.3, 0.4) is 0 Å². The Morgan fingerprint density at radius 3 is 1.58 bits per heavy atom. The lowest BCUT2D eigenvalue weighted by atomic mass is 10.1. The van der Waals surface area contributed by atoms with E-state index in [0.717, 1.165) is 51.4 Å². The zero-order chi connectivity index (χ0) is 47.4. The number of aliphatic hydroxyl groups is 2. The van der Waals surface area contributed by atoms with Crippen LogP contribution in [-0.4, -0.2) is 81.6 Å². The summed E-state index contributed by atoms with van der Waals surface area (Å²) in [6.45, 7) is 1.29. The van der Waals surface area contributed by atoms with E-state index in [1.807, 2.05) is 30.4 Å². The first kappa shape index (κ1) is 60.5. The van der Waals surface area contributed by atoms with Crippen LogP contribution < -0.4 is 0 Å². The van der Waals surface area contributed by atoms with Crippen molar-refractivity contribution in [2.75, 3.05) is 26.4 Å². The summed E-state index contributed by atoms with van der Waals surface area (Å²) in [6, 6.07) is 0. The van der Waals surface area contributed by atoms with Gasteiger partial charge in [-0.2, -0.15) is 0 Å². The molecule has 0 saturated carbocycles. The van der Waals surface area contributed by atoms with Gasteiger partial charge in [0.25, 0.3) is 0 Å². The summed E-state index contributed by atoms with van der Waals surface area (Å²) in [5.41, 5.74) is 0. The molecule has 64 heavy (non-hydrogen) atoms. The normalized spacial score (nSPS) is 15.5. The minimum atomic E-state index is -4.90. The van der Waals surface area contributed by atoms with Crippen molar-refractivity contribution >= 4 is 27.6 Å². The maximum Gasteiger partial charge on any atom is 0.472 e. The topological polar surface area (TPSA) is 216 Å². The molecule has 0 aromatic carbocycles. The maximum absolute atomic E-state index is 12.7. The van der Waals surface area contributed by atoms with Crippen LogP contribution >= 0.6 is 15.6 Å². The summed E-state index contributed by atoms with van der Waals surface area (Å²) in [6.07, 6.45) is 49.5. The third-order valence-corrected chi connectivity index (χ3v) is 9.88. The number of unbranched alkanes of at least 4 members (excludes halogenated alkanes) is 3. The number of esters is 2. The molecule has 0 rings (SSSR count). The molecule has 0 aromatic rings. The highest BCUT2D eigenvalue weighted by molar-refractivity contribution is 7.47. The van der Waals surface area contributed by atoms with E-state index < -0.39 is 72.3 Å². The number of phosphoric acid groups is 2. The van der Waals surface area contributed by atoms with Crippen LogP contribution in [0.15, 0.2) is 122 Å². The highest BCUT2D eigenvalue weighted by atomic mass is 31.2. The number of rotatable bonds is 40. The van der Waals surface area contributed by atoms with Gasteiger partial charge in [-0.3, -0.25) is 23.2 Å². The van der Waals surface area contributed by atoms with E-state index in [-0.39, 0.29) is 19.3 Å². The van der Waals surface area contributed by atoms with Crippen molar-refractivity contribution in [3.8, 4) is 0 Å². The van der Waals surface area contributed by atoms with Crippen molar-refractivity contribution in [3.05, 3.63) is 122 Å². The first-order valence-corrected chi connectivity index (χ1v) is 25.4. The molecule has 2 unspecified atom stereocenters. The highest BCUT2D eigenvalue weighted by Crippen LogP contribution is 2.43. The van der Waals surface area contributed by atoms with Gasteiger partial charge in [0, 0.05) is 12.8 Å². The maximum atomic E-state index is 12.7. The van der Waals surface area contributed by atoms with E-state index in [2.05, 4.69) is 102 Å². The van der Waals surface area contributed by atoms with E-state index in [1.165, 1.54) is 19.3 Å². The molecule has 0 aromatic heterocycles. The largest absolute Gasteiger partial charge is 0.472 e. The first-order valence-electron chi connectivity index (χ1n) is 22.3. The van der Waals surface area contributed by atoms with Gasteiger partial charge in [0.15, 0.2) is 6.10 Å². The first-order chi connectivity index (χ1) is 30.8. The Labute approximate surface area is 382 Å². The molecule has 0 aliphatic carbocycles. The Morgan fingerprint density at radius 1 is 0.531 bits per heavy atom. The SMILES string of the molecule is CC/C=C\C/C=C\C/C=C\C/C=C\C=C\C(O)CCCC(=O)OC[C@H](COP(=O)(O)OC[C@@H](O)COP(=O)(O)O)OC(=O)CC/C=C\C/C=C\C/C=C\C/C=C\C/C=C\CCCCC. The Balaban J connectivity index is 4.84. The van der Waals surface area contributed by atoms with Crippen LogP contribution in [0.25, 0.3) is 0 Å². The van der Waals surface area contributed by atoms with Crippen LogP contribution in [0.4, 0.5) is 0 Å². The zero-order valence-electron chi connectivity index (χ0n) is 37.9. The fourth-order valence-corrected chi connectivity index (χ4v) is 6.22. The van der Waals surface area contributed by atoms with Crippen LogP contribution in [0.5, 0.6) is 0 Å². The number of hydrogen-bond donors (Lipinski definition) is 5. The quantitative estimate of drug-likeness (QED) is 0.0127. The molecule has 0 bridgehead atoms. The number of ether oxygens (including phenoxy) is 2. The van der Waals surface area contributed by atoms with Gasteiger partial charge in [0.1, 0.15) is 12.7 Å². The summed E-state index contributed by atoms with van der Waals surface area (Å²) in [5, 5.41) is 20.0. The molecule has 4 atom stereocenters. The molecule has 0 amide bonds. The Kier molecular flexibility index (Phi) is 39.8. The number of carbonyl (C=O) groups excluding carboxylic acids is 2. The molecule has 0 spiro atoms. The minimum absolute atomic E-state index is 0.0407. The van der Waals surface area contributed by atoms with Crippen LogP contribution in [0.2, 0.25) is 0 Å². The Hall–Kier alpha value is -3.52. The highest BCUT2D eigenvalue weighted by Gasteiger charge is 2.28. The predicted molar refractivity (Wildman–Crippen MR) is 254 cm³/mol. The smallest absolute Gasteiger partial charge is 0.462 e. The van der Waals surface area contributed by atoms with Gasteiger partial charge in [0.2, 0.25) is 0 Å². The summed E-state index contributed by atoms with van der Waals surface area (Å²) < 4.78 is 47.6. The molecule has 14 nitrogen and oxygen atoms in total. The second-order valence-electron chi connectivity index (χ2n) is 14.4. The average molecular weight is 939 g/mol. The summed E-state index contributed by atoms with van der Waals surface area (Å²) in [4.78, 5) is 52.7. The van der Waals surface area contributed by atoms with E-state index in [0.29, 0.717) is 19.3 Å². The van der Waals surface area contributed by atoms with Gasteiger partial charge in [-0.1, -0.05) is 148 Å². The van der Waals surface area contributed by atoms with E-state index in [1.54, 1.807) is 12.2 Å². The lowest BCUT2D eigenvalue weighted by Crippen LogP contribution is -2.30. The van der Waals surface area contributed by atoms with Crippen LogP contribution in [0.1, 0.15) is 123 Å². The van der Waals surface area contributed by atoms with Gasteiger partial charge < -0.3 is 34.4 Å². The molecule has 0 radical (unpaired) electrons. The molecule has 0 heterocycles. The number of phosphoric ester groups is 2. The van der Waals surface area contributed by atoms with Crippen LogP contribution in [0, 0.1) is 0 Å². The predicted octanol–water partition coefficient (Wildman–Crippen LogP) is 10.6.